The first kappa shape index (κ1) is 27.2. The van der Waals surface area contributed by atoms with Crippen LogP contribution in [0.5, 0.6) is 17.2 Å². The Bertz CT molecular complexity index is 1110. The fraction of sp³-hybridized carbons (Fsp3) is 0.333. The van der Waals surface area contributed by atoms with Crippen LogP contribution >= 0.6 is 0 Å². The molecule has 3 aromatic rings. The first-order valence-corrected chi connectivity index (χ1v) is 12.4. The van der Waals surface area contributed by atoms with Crippen molar-refractivity contribution in [3.8, 4) is 17.2 Å². The summed E-state index contributed by atoms with van der Waals surface area (Å²) in [4.78, 5) is 26.3. The number of Topliss-reactive ketones (excluding diaryl/α,β-unsaturated/α-hetero) is 1. The zero-order chi connectivity index (χ0) is 27.1. The highest BCUT2D eigenvalue weighted by Crippen LogP contribution is 2.42. The number of likely N-dealkylation sites (tertiary alicyclic amines) is 1. The first-order chi connectivity index (χ1) is 18.4. The van der Waals surface area contributed by atoms with Crippen LogP contribution < -0.4 is 14.2 Å². The predicted molar refractivity (Wildman–Crippen MR) is 142 cm³/mol. The summed E-state index contributed by atoms with van der Waals surface area (Å²) in [6.45, 7) is 0.796. The van der Waals surface area contributed by atoms with Crippen molar-refractivity contribution in [2.45, 2.75) is 18.1 Å². The summed E-state index contributed by atoms with van der Waals surface area (Å²) in [5.41, 5.74) is 1.64. The third-order valence-corrected chi connectivity index (χ3v) is 6.90. The lowest BCUT2D eigenvalue weighted by Crippen LogP contribution is -2.41. The van der Waals surface area contributed by atoms with E-state index in [2.05, 4.69) is 0 Å². The normalized spacial score (nSPS) is 15.8. The van der Waals surface area contributed by atoms with Gasteiger partial charge in [-0.25, -0.2) is 0 Å². The van der Waals surface area contributed by atoms with Crippen molar-refractivity contribution in [3.63, 3.8) is 0 Å². The van der Waals surface area contributed by atoms with Crippen molar-refractivity contribution in [1.29, 1.82) is 0 Å². The number of methoxy groups -OCH3 is 4. The Labute approximate surface area is 223 Å². The Morgan fingerprint density at radius 3 is 1.55 bits per heavy atom. The van der Waals surface area contributed by atoms with Crippen LogP contribution in [0.1, 0.15) is 23.1 Å². The highest BCUT2D eigenvalue weighted by atomic mass is 16.5. The van der Waals surface area contributed by atoms with Crippen molar-refractivity contribution in [2.24, 2.45) is 0 Å². The molecule has 0 N–H and O–H groups in total. The number of esters is 1. The Morgan fingerprint density at radius 2 is 1.18 bits per heavy atom. The molecule has 1 aliphatic rings. The van der Waals surface area contributed by atoms with E-state index in [0.29, 0.717) is 6.54 Å². The van der Waals surface area contributed by atoms with Crippen LogP contribution in [-0.2, 0) is 24.7 Å². The van der Waals surface area contributed by atoms with Crippen molar-refractivity contribution < 1.29 is 33.3 Å². The molecule has 4 rings (SSSR count). The number of carbonyl (C=O) groups is 2. The van der Waals surface area contributed by atoms with Crippen molar-refractivity contribution in [3.05, 3.63) is 89.5 Å². The molecule has 8 heteroatoms. The van der Waals surface area contributed by atoms with Crippen molar-refractivity contribution in [2.75, 3.05) is 48.1 Å². The van der Waals surface area contributed by atoms with Gasteiger partial charge in [-0.3, -0.25) is 14.5 Å². The van der Waals surface area contributed by atoms with Crippen LogP contribution in [-0.4, -0.2) is 70.8 Å². The number of hydrogen-bond acceptors (Lipinski definition) is 8. The van der Waals surface area contributed by atoms with E-state index >= 15 is 0 Å². The molecule has 0 aromatic heterocycles. The standard InChI is InChI=1S/C30H33NO7/c1-34-25-11-5-21(6-12-25)30(22-7-13-26(35-2)14-8-22,23-9-15-27(36-3)16-10-23)38-18-17-31-20-24(32)19-28(31)29(33)37-4/h5-16,28H,17-20H2,1-4H3/t28-/m0/s1. The highest BCUT2D eigenvalue weighted by molar-refractivity contribution is 5.91. The highest BCUT2D eigenvalue weighted by Gasteiger charge is 2.40. The molecule has 8 nitrogen and oxygen atoms in total. The zero-order valence-corrected chi connectivity index (χ0v) is 22.1. The van der Waals surface area contributed by atoms with Gasteiger partial charge in [-0.05, 0) is 53.1 Å². The number of carbonyl (C=O) groups excluding carboxylic acids is 2. The minimum atomic E-state index is -1.02. The van der Waals surface area contributed by atoms with Gasteiger partial charge in [0.15, 0.2) is 0 Å². The smallest absolute Gasteiger partial charge is 0.323 e. The van der Waals surface area contributed by atoms with Crippen LogP contribution in [0.3, 0.4) is 0 Å². The van der Waals surface area contributed by atoms with E-state index in [9.17, 15) is 9.59 Å². The number of hydrogen-bond donors (Lipinski definition) is 0. The maximum Gasteiger partial charge on any atom is 0.323 e. The predicted octanol–water partition coefficient (Wildman–Crippen LogP) is 3.84. The summed E-state index contributed by atoms with van der Waals surface area (Å²) in [6.07, 6.45) is 0.146. The van der Waals surface area contributed by atoms with E-state index in [1.807, 2.05) is 77.7 Å². The molecule has 0 amide bonds. The van der Waals surface area contributed by atoms with Gasteiger partial charge in [-0.2, -0.15) is 0 Å². The SMILES string of the molecule is COC(=O)[C@@H]1CC(=O)CN1CCOC(c1ccc(OC)cc1)(c1ccc(OC)cc1)c1ccc(OC)cc1. The molecular weight excluding hydrogens is 486 g/mol. The summed E-state index contributed by atoms with van der Waals surface area (Å²) >= 11 is 0. The molecule has 0 saturated carbocycles. The van der Waals surface area contributed by atoms with Gasteiger partial charge < -0.3 is 23.7 Å². The van der Waals surface area contributed by atoms with Gasteiger partial charge in [0.1, 0.15) is 34.7 Å². The maximum absolute atomic E-state index is 12.3. The lowest BCUT2D eigenvalue weighted by atomic mass is 9.80. The fourth-order valence-corrected chi connectivity index (χ4v) is 4.89. The molecule has 0 aliphatic carbocycles. The van der Waals surface area contributed by atoms with Crippen LogP contribution in [0.15, 0.2) is 72.8 Å². The molecule has 1 saturated heterocycles. The summed E-state index contributed by atoms with van der Waals surface area (Å²) < 4.78 is 28.0. The molecule has 0 spiro atoms. The zero-order valence-electron chi connectivity index (χ0n) is 22.1. The average molecular weight is 520 g/mol. The topological polar surface area (TPSA) is 83.5 Å². The van der Waals surface area contributed by atoms with Gasteiger partial charge in [-0.1, -0.05) is 36.4 Å². The molecule has 1 fully saturated rings. The van der Waals surface area contributed by atoms with E-state index in [0.717, 1.165) is 33.9 Å². The maximum atomic E-state index is 12.3. The third kappa shape index (κ3) is 5.51. The summed E-state index contributed by atoms with van der Waals surface area (Å²) in [7, 11) is 6.21. The van der Waals surface area contributed by atoms with Crippen LogP contribution in [0.2, 0.25) is 0 Å². The molecular formula is C30H33NO7. The van der Waals surface area contributed by atoms with Crippen molar-refractivity contribution in [1.82, 2.24) is 4.90 Å². The van der Waals surface area contributed by atoms with Gasteiger partial charge in [0, 0.05) is 13.0 Å². The van der Waals surface area contributed by atoms with E-state index in [1.165, 1.54) is 7.11 Å². The van der Waals surface area contributed by atoms with Crippen molar-refractivity contribution >= 4 is 11.8 Å². The third-order valence-electron chi connectivity index (χ3n) is 6.90. The first-order valence-electron chi connectivity index (χ1n) is 12.4. The van der Waals surface area contributed by atoms with Gasteiger partial charge in [0.25, 0.3) is 0 Å². The largest absolute Gasteiger partial charge is 0.497 e. The number of ether oxygens (including phenoxy) is 5. The van der Waals surface area contributed by atoms with Gasteiger partial charge >= 0.3 is 5.97 Å². The van der Waals surface area contributed by atoms with Crippen LogP contribution in [0, 0.1) is 0 Å². The number of ketones is 1. The minimum Gasteiger partial charge on any atom is -0.497 e. The molecule has 1 atom stereocenters. The Kier molecular flexibility index (Phi) is 8.66. The fourth-order valence-electron chi connectivity index (χ4n) is 4.89. The lowest BCUT2D eigenvalue weighted by Gasteiger charge is -2.37. The lowest BCUT2D eigenvalue weighted by molar-refractivity contribution is -0.146. The van der Waals surface area contributed by atoms with Gasteiger partial charge in [0.05, 0.1) is 41.6 Å². The van der Waals surface area contributed by atoms with E-state index in [1.54, 1.807) is 21.3 Å². The summed E-state index contributed by atoms with van der Waals surface area (Å²) in [6, 6.07) is 22.6. The van der Waals surface area contributed by atoms with E-state index < -0.39 is 17.6 Å². The molecule has 1 aliphatic heterocycles. The summed E-state index contributed by atoms with van der Waals surface area (Å²) in [5.74, 6) is 1.77. The minimum absolute atomic E-state index is 0.00660. The average Bonchev–Trinajstić information content (AvgIpc) is 3.35. The Hall–Kier alpha value is -3.88. The quantitative estimate of drug-likeness (QED) is 0.279. The monoisotopic (exact) mass is 519 g/mol. The molecule has 38 heavy (non-hydrogen) atoms. The van der Waals surface area contributed by atoms with E-state index in [-0.39, 0.29) is 25.4 Å². The number of benzene rings is 3. The molecule has 1 heterocycles. The number of rotatable bonds is 11. The molecule has 0 bridgehead atoms. The summed E-state index contributed by atoms with van der Waals surface area (Å²) in [5, 5.41) is 0. The molecule has 0 unspecified atom stereocenters. The molecule has 200 valence electrons. The van der Waals surface area contributed by atoms with Gasteiger partial charge in [0.2, 0.25) is 0 Å². The van der Waals surface area contributed by atoms with Gasteiger partial charge in [-0.15, -0.1) is 0 Å². The molecule has 0 radical (unpaired) electrons. The van der Waals surface area contributed by atoms with E-state index in [4.69, 9.17) is 23.7 Å². The second-order valence-corrected chi connectivity index (χ2v) is 8.97. The second kappa shape index (κ2) is 12.1. The number of nitrogens with zero attached hydrogens (tertiary/aromatic N) is 1. The second-order valence-electron chi connectivity index (χ2n) is 8.97. The van der Waals surface area contributed by atoms with Crippen LogP contribution in [0.4, 0.5) is 0 Å². The Balaban J connectivity index is 1.77. The Morgan fingerprint density at radius 1 is 0.763 bits per heavy atom. The van der Waals surface area contributed by atoms with Crippen LogP contribution in [0.25, 0.3) is 0 Å². The molecule has 3 aromatic carbocycles.